The van der Waals surface area contributed by atoms with Crippen LogP contribution in [0.4, 0.5) is 0 Å². The van der Waals surface area contributed by atoms with E-state index in [9.17, 15) is 5.11 Å². The van der Waals surface area contributed by atoms with E-state index in [1.165, 1.54) is 11.1 Å². The average Bonchev–Trinajstić information content (AvgIpc) is 2.38. The van der Waals surface area contributed by atoms with Crippen LogP contribution in [0.1, 0.15) is 29.7 Å². The van der Waals surface area contributed by atoms with Crippen molar-refractivity contribution in [3.05, 3.63) is 59.3 Å². The Labute approximate surface area is 112 Å². The first kappa shape index (κ1) is 13.1. The molecule has 0 aliphatic heterocycles. The van der Waals surface area contributed by atoms with Crippen molar-refractivity contribution in [3.8, 4) is 0 Å². The molecular formula is C15H17NOS. The molecule has 1 heterocycles. The molecule has 2 nitrogen and oxygen atoms in total. The van der Waals surface area contributed by atoms with E-state index in [2.05, 4.69) is 36.2 Å². The summed E-state index contributed by atoms with van der Waals surface area (Å²) in [6, 6.07) is 12.2. The molecule has 0 aliphatic carbocycles. The first-order chi connectivity index (χ1) is 8.66. The Hall–Kier alpha value is -1.32. The maximum atomic E-state index is 9.54. The van der Waals surface area contributed by atoms with Crippen LogP contribution >= 0.6 is 11.8 Å². The molecule has 0 amide bonds. The van der Waals surface area contributed by atoms with Crippen molar-refractivity contribution in [2.75, 3.05) is 0 Å². The molecule has 0 spiro atoms. The Balaban J connectivity index is 2.07. The summed E-state index contributed by atoms with van der Waals surface area (Å²) in [5.74, 6) is 0.906. The second-order valence-electron chi connectivity index (χ2n) is 4.32. The van der Waals surface area contributed by atoms with Crippen LogP contribution in [0.3, 0.4) is 0 Å². The molecular weight excluding hydrogens is 242 g/mol. The van der Waals surface area contributed by atoms with Crippen LogP contribution in [0.15, 0.2) is 47.6 Å². The van der Waals surface area contributed by atoms with Gasteiger partial charge in [-0.15, -0.1) is 11.8 Å². The molecule has 0 unspecified atom stereocenters. The predicted molar refractivity (Wildman–Crippen MR) is 75.6 cm³/mol. The van der Waals surface area contributed by atoms with Gasteiger partial charge < -0.3 is 5.11 Å². The van der Waals surface area contributed by atoms with Crippen LogP contribution in [-0.4, -0.2) is 10.1 Å². The van der Waals surface area contributed by atoms with Gasteiger partial charge in [0.25, 0.3) is 0 Å². The largest absolute Gasteiger partial charge is 0.389 e. The zero-order chi connectivity index (χ0) is 13.0. The molecule has 18 heavy (non-hydrogen) atoms. The summed E-state index contributed by atoms with van der Waals surface area (Å²) >= 11 is 1.70. The fraction of sp³-hybridized carbons (Fsp3) is 0.267. The molecule has 0 bridgehead atoms. The van der Waals surface area contributed by atoms with Crippen LogP contribution in [0.25, 0.3) is 0 Å². The Kier molecular flexibility index (Phi) is 4.39. The molecule has 1 atom stereocenters. The van der Waals surface area contributed by atoms with E-state index in [0.717, 1.165) is 16.3 Å². The topological polar surface area (TPSA) is 33.1 Å². The number of aromatic nitrogens is 1. The Morgan fingerprint density at radius 1 is 1.28 bits per heavy atom. The second kappa shape index (κ2) is 6.03. The quantitative estimate of drug-likeness (QED) is 0.849. The monoisotopic (exact) mass is 259 g/mol. The van der Waals surface area contributed by atoms with Gasteiger partial charge in [0.05, 0.1) is 11.1 Å². The van der Waals surface area contributed by atoms with Crippen LogP contribution in [0.2, 0.25) is 0 Å². The van der Waals surface area contributed by atoms with E-state index in [1.54, 1.807) is 24.9 Å². The third-order valence-electron chi connectivity index (χ3n) is 2.88. The van der Waals surface area contributed by atoms with Crippen LogP contribution in [0.5, 0.6) is 0 Å². The minimum atomic E-state index is -0.439. The van der Waals surface area contributed by atoms with Gasteiger partial charge in [-0.3, -0.25) is 0 Å². The molecule has 94 valence electrons. The number of pyridine rings is 1. The molecule has 1 aromatic heterocycles. The lowest BCUT2D eigenvalue weighted by atomic mass is 10.1. The Morgan fingerprint density at radius 2 is 2.06 bits per heavy atom. The highest BCUT2D eigenvalue weighted by Crippen LogP contribution is 2.24. The molecule has 0 radical (unpaired) electrons. The average molecular weight is 259 g/mol. The van der Waals surface area contributed by atoms with E-state index in [1.807, 2.05) is 12.1 Å². The highest BCUT2D eigenvalue weighted by Gasteiger charge is 2.04. The predicted octanol–water partition coefficient (Wildman–Crippen LogP) is 3.74. The third-order valence-corrected chi connectivity index (χ3v) is 3.85. The van der Waals surface area contributed by atoms with Crippen molar-refractivity contribution in [1.29, 1.82) is 0 Å². The summed E-state index contributed by atoms with van der Waals surface area (Å²) in [5, 5.41) is 10.5. The number of aryl methyl sites for hydroxylation is 1. The first-order valence-electron chi connectivity index (χ1n) is 5.98. The fourth-order valence-corrected chi connectivity index (χ4v) is 2.67. The molecule has 3 heteroatoms. The van der Waals surface area contributed by atoms with E-state index in [-0.39, 0.29) is 0 Å². The zero-order valence-electron chi connectivity index (χ0n) is 10.6. The third kappa shape index (κ3) is 3.34. The van der Waals surface area contributed by atoms with E-state index in [0.29, 0.717) is 0 Å². The van der Waals surface area contributed by atoms with Crippen molar-refractivity contribution in [2.24, 2.45) is 0 Å². The normalized spacial score (nSPS) is 12.4. The summed E-state index contributed by atoms with van der Waals surface area (Å²) in [5.41, 5.74) is 3.54. The number of benzene rings is 1. The van der Waals surface area contributed by atoms with Crippen LogP contribution in [-0.2, 0) is 5.75 Å². The van der Waals surface area contributed by atoms with Gasteiger partial charge in [0, 0.05) is 11.9 Å². The Bertz CT molecular complexity index is 525. The van der Waals surface area contributed by atoms with Gasteiger partial charge in [-0.25, -0.2) is 4.98 Å². The number of aliphatic hydroxyl groups excluding tert-OH is 1. The molecule has 0 saturated heterocycles. The molecule has 0 fully saturated rings. The van der Waals surface area contributed by atoms with E-state index in [4.69, 9.17) is 0 Å². The number of nitrogens with zero attached hydrogens (tertiary/aromatic N) is 1. The van der Waals surface area contributed by atoms with Crippen molar-refractivity contribution >= 4 is 11.8 Å². The lowest BCUT2D eigenvalue weighted by molar-refractivity contribution is 0.199. The molecule has 0 saturated carbocycles. The van der Waals surface area contributed by atoms with Crippen molar-refractivity contribution < 1.29 is 5.11 Å². The summed E-state index contributed by atoms with van der Waals surface area (Å²) in [6.45, 7) is 3.89. The standard InChI is InChI=1S/C15H17NOS/c1-11-5-3-4-6-14(11)10-18-15-9-13(12(2)17)7-8-16-15/h3-9,12,17H,10H2,1-2H3/t12-/m1/s1. The van der Waals surface area contributed by atoms with Gasteiger partial charge in [0.15, 0.2) is 0 Å². The van der Waals surface area contributed by atoms with Crippen molar-refractivity contribution in [2.45, 2.75) is 30.7 Å². The van der Waals surface area contributed by atoms with Gasteiger partial charge >= 0.3 is 0 Å². The first-order valence-corrected chi connectivity index (χ1v) is 6.96. The molecule has 1 aromatic carbocycles. The maximum absolute atomic E-state index is 9.54. The number of hydrogen-bond donors (Lipinski definition) is 1. The molecule has 0 aliphatic rings. The minimum Gasteiger partial charge on any atom is -0.389 e. The number of rotatable bonds is 4. The molecule has 1 N–H and O–H groups in total. The van der Waals surface area contributed by atoms with Gasteiger partial charge in [0.1, 0.15) is 0 Å². The van der Waals surface area contributed by atoms with E-state index < -0.39 is 6.10 Å². The summed E-state index contributed by atoms with van der Waals surface area (Å²) in [6.07, 6.45) is 1.31. The number of thioether (sulfide) groups is 1. The second-order valence-corrected chi connectivity index (χ2v) is 5.31. The lowest BCUT2D eigenvalue weighted by Crippen LogP contribution is -1.93. The van der Waals surface area contributed by atoms with Crippen molar-refractivity contribution in [3.63, 3.8) is 0 Å². The maximum Gasteiger partial charge on any atom is 0.0966 e. The van der Waals surface area contributed by atoms with Gasteiger partial charge in [-0.05, 0) is 42.7 Å². The summed E-state index contributed by atoms with van der Waals surface area (Å²) in [4.78, 5) is 4.32. The summed E-state index contributed by atoms with van der Waals surface area (Å²) in [7, 11) is 0. The highest BCUT2D eigenvalue weighted by atomic mass is 32.2. The van der Waals surface area contributed by atoms with Gasteiger partial charge in [0.2, 0.25) is 0 Å². The van der Waals surface area contributed by atoms with E-state index >= 15 is 0 Å². The Morgan fingerprint density at radius 3 is 2.78 bits per heavy atom. The highest BCUT2D eigenvalue weighted by molar-refractivity contribution is 7.98. The number of aliphatic hydroxyl groups is 1. The molecule has 2 rings (SSSR count). The van der Waals surface area contributed by atoms with Crippen LogP contribution < -0.4 is 0 Å². The molecule has 2 aromatic rings. The zero-order valence-corrected chi connectivity index (χ0v) is 11.4. The minimum absolute atomic E-state index is 0.439. The number of hydrogen-bond acceptors (Lipinski definition) is 3. The van der Waals surface area contributed by atoms with Crippen LogP contribution in [0, 0.1) is 6.92 Å². The lowest BCUT2D eigenvalue weighted by Gasteiger charge is -2.07. The van der Waals surface area contributed by atoms with Gasteiger partial charge in [-0.1, -0.05) is 24.3 Å². The smallest absolute Gasteiger partial charge is 0.0966 e. The van der Waals surface area contributed by atoms with Gasteiger partial charge in [-0.2, -0.15) is 0 Å². The summed E-state index contributed by atoms with van der Waals surface area (Å²) < 4.78 is 0. The SMILES string of the molecule is Cc1ccccc1CSc1cc([C@@H](C)O)ccn1. The fourth-order valence-electron chi connectivity index (χ4n) is 1.69. The van der Waals surface area contributed by atoms with Crippen molar-refractivity contribution in [1.82, 2.24) is 4.98 Å².